The zero-order chi connectivity index (χ0) is 15.9. The number of nitrogens with zero attached hydrogens (tertiary/aromatic N) is 1. The number of likely N-dealkylation sites (tertiary alicyclic amines) is 1. The van der Waals surface area contributed by atoms with E-state index in [0.717, 1.165) is 37.1 Å². The van der Waals surface area contributed by atoms with Gasteiger partial charge in [-0.25, -0.2) is 0 Å². The molecule has 1 fully saturated rings. The zero-order valence-electron chi connectivity index (χ0n) is 13.7. The van der Waals surface area contributed by atoms with Gasteiger partial charge in [-0.1, -0.05) is 79.9 Å². The Labute approximate surface area is 139 Å². The van der Waals surface area contributed by atoms with E-state index in [1.807, 2.05) is 36.4 Å². The van der Waals surface area contributed by atoms with Gasteiger partial charge in [-0.2, -0.15) is 0 Å². The lowest BCUT2D eigenvalue weighted by Crippen LogP contribution is -2.37. The second-order valence-electron chi connectivity index (χ2n) is 6.35. The first-order chi connectivity index (χ1) is 11.4. The SMILES string of the molecule is O=C(C(c1ccccc1)c1ccccc1)N1CCCCCCC1. The molecule has 3 rings (SSSR count). The molecule has 1 amide bonds. The van der Waals surface area contributed by atoms with Gasteiger partial charge in [0.25, 0.3) is 0 Å². The van der Waals surface area contributed by atoms with E-state index in [0.29, 0.717) is 0 Å². The smallest absolute Gasteiger partial charge is 0.234 e. The van der Waals surface area contributed by atoms with Crippen LogP contribution < -0.4 is 0 Å². The predicted molar refractivity (Wildman–Crippen MR) is 94.4 cm³/mol. The minimum absolute atomic E-state index is 0.183. The van der Waals surface area contributed by atoms with Crippen molar-refractivity contribution in [2.75, 3.05) is 13.1 Å². The molecule has 0 saturated carbocycles. The molecule has 0 N–H and O–H groups in total. The highest BCUT2D eigenvalue weighted by atomic mass is 16.2. The maximum atomic E-state index is 13.3. The second kappa shape index (κ2) is 7.96. The summed E-state index contributed by atoms with van der Waals surface area (Å²) in [6.45, 7) is 1.80. The van der Waals surface area contributed by atoms with Crippen LogP contribution in [-0.4, -0.2) is 23.9 Å². The molecule has 23 heavy (non-hydrogen) atoms. The third kappa shape index (κ3) is 4.01. The molecule has 0 radical (unpaired) electrons. The van der Waals surface area contributed by atoms with E-state index >= 15 is 0 Å². The van der Waals surface area contributed by atoms with Crippen LogP contribution in [0.2, 0.25) is 0 Å². The summed E-state index contributed by atoms with van der Waals surface area (Å²) in [4.78, 5) is 15.4. The molecule has 120 valence electrons. The van der Waals surface area contributed by atoms with Crippen molar-refractivity contribution in [2.24, 2.45) is 0 Å². The molecule has 1 saturated heterocycles. The molecule has 1 heterocycles. The number of rotatable bonds is 3. The highest BCUT2D eigenvalue weighted by Crippen LogP contribution is 2.27. The average molecular weight is 307 g/mol. The van der Waals surface area contributed by atoms with Gasteiger partial charge in [0, 0.05) is 13.1 Å². The first kappa shape index (κ1) is 15.8. The van der Waals surface area contributed by atoms with Crippen LogP contribution in [0.3, 0.4) is 0 Å². The van der Waals surface area contributed by atoms with Gasteiger partial charge in [0.1, 0.15) is 0 Å². The van der Waals surface area contributed by atoms with Crippen LogP contribution in [0.25, 0.3) is 0 Å². The Kier molecular flexibility index (Phi) is 5.46. The van der Waals surface area contributed by atoms with Gasteiger partial charge in [0.15, 0.2) is 0 Å². The van der Waals surface area contributed by atoms with E-state index in [4.69, 9.17) is 0 Å². The van der Waals surface area contributed by atoms with Gasteiger partial charge in [0.2, 0.25) is 5.91 Å². The van der Waals surface area contributed by atoms with Gasteiger partial charge in [-0.05, 0) is 24.0 Å². The monoisotopic (exact) mass is 307 g/mol. The van der Waals surface area contributed by atoms with Gasteiger partial charge in [-0.15, -0.1) is 0 Å². The Hall–Kier alpha value is -2.09. The summed E-state index contributed by atoms with van der Waals surface area (Å²) in [5.41, 5.74) is 2.18. The molecule has 2 aromatic carbocycles. The Balaban J connectivity index is 1.89. The quantitative estimate of drug-likeness (QED) is 0.811. The van der Waals surface area contributed by atoms with Gasteiger partial charge in [0.05, 0.1) is 5.92 Å². The minimum atomic E-state index is -0.183. The molecule has 1 aliphatic heterocycles. The normalized spacial score (nSPS) is 16.0. The number of amides is 1. The summed E-state index contributed by atoms with van der Waals surface area (Å²) in [6.07, 6.45) is 6.04. The van der Waals surface area contributed by atoms with Crippen molar-refractivity contribution in [2.45, 2.75) is 38.0 Å². The fourth-order valence-electron chi connectivity index (χ4n) is 3.42. The summed E-state index contributed by atoms with van der Waals surface area (Å²) in [5, 5.41) is 0. The van der Waals surface area contributed by atoms with E-state index in [-0.39, 0.29) is 11.8 Å². The molecular weight excluding hydrogens is 282 g/mol. The van der Waals surface area contributed by atoms with E-state index in [2.05, 4.69) is 29.2 Å². The molecule has 2 nitrogen and oxygen atoms in total. The third-order valence-electron chi connectivity index (χ3n) is 4.68. The lowest BCUT2D eigenvalue weighted by Gasteiger charge is -2.29. The van der Waals surface area contributed by atoms with Crippen LogP contribution in [0.5, 0.6) is 0 Å². The fourth-order valence-corrected chi connectivity index (χ4v) is 3.42. The molecule has 0 aliphatic carbocycles. The lowest BCUT2D eigenvalue weighted by molar-refractivity contribution is -0.132. The molecule has 0 spiro atoms. The number of carbonyl (C=O) groups excluding carboxylic acids is 1. The maximum absolute atomic E-state index is 13.3. The third-order valence-corrected chi connectivity index (χ3v) is 4.68. The van der Waals surface area contributed by atoms with Crippen molar-refractivity contribution in [3.63, 3.8) is 0 Å². The Morgan fingerprint density at radius 1 is 0.696 bits per heavy atom. The van der Waals surface area contributed by atoms with E-state index < -0.39 is 0 Å². The van der Waals surface area contributed by atoms with Crippen molar-refractivity contribution >= 4 is 5.91 Å². The summed E-state index contributed by atoms with van der Waals surface area (Å²) >= 11 is 0. The molecule has 2 aromatic rings. The summed E-state index contributed by atoms with van der Waals surface area (Å²) in [5.74, 6) is 0.0705. The van der Waals surface area contributed by atoms with Crippen molar-refractivity contribution < 1.29 is 4.79 Å². The van der Waals surface area contributed by atoms with Crippen LogP contribution in [-0.2, 0) is 4.79 Å². The number of benzene rings is 2. The predicted octanol–water partition coefficient (Wildman–Crippen LogP) is 4.61. The largest absolute Gasteiger partial charge is 0.342 e. The van der Waals surface area contributed by atoms with Crippen LogP contribution in [0.15, 0.2) is 60.7 Å². The van der Waals surface area contributed by atoms with Crippen LogP contribution in [0, 0.1) is 0 Å². The molecule has 0 bridgehead atoms. The van der Waals surface area contributed by atoms with Gasteiger partial charge < -0.3 is 4.90 Å². The zero-order valence-corrected chi connectivity index (χ0v) is 13.7. The summed E-state index contributed by atoms with van der Waals surface area (Å²) in [7, 11) is 0. The standard InChI is InChI=1S/C21H25NO/c23-21(22-16-10-2-1-3-11-17-22)20(18-12-6-4-7-13-18)19-14-8-5-9-15-19/h4-9,12-15,20H,1-3,10-11,16-17H2. The van der Waals surface area contributed by atoms with Crippen molar-refractivity contribution in [3.05, 3.63) is 71.8 Å². The van der Waals surface area contributed by atoms with Gasteiger partial charge >= 0.3 is 0 Å². The first-order valence-electron chi connectivity index (χ1n) is 8.75. The van der Waals surface area contributed by atoms with Crippen molar-refractivity contribution in [1.82, 2.24) is 4.90 Å². The Morgan fingerprint density at radius 2 is 1.13 bits per heavy atom. The Bertz CT molecular complexity index is 561. The molecule has 0 aromatic heterocycles. The minimum Gasteiger partial charge on any atom is -0.342 e. The lowest BCUT2D eigenvalue weighted by atomic mass is 9.89. The van der Waals surface area contributed by atoms with Gasteiger partial charge in [-0.3, -0.25) is 4.79 Å². The summed E-state index contributed by atoms with van der Waals surface area (Å²) < 4.78 is 0. The highest BCUT2D eigenvalue weighted by Gasteiger charge is 2.27. The number of hydrogen-bond donors (Lipinski definition) is 0. The highest BCUT2D eigenvalue weighted by molar-refractivity contribution is 5.87. The average Bonchev–Trinajstić information content (AvgIpc) is 2.57. The topological polar surface area (TPSA) is 20.3 Å². The molecule has 0 atom stereocenters. The Morgan fingerprint density at radius 3 is 1.61 bits per heavy atom. The first-order valence-corrected chi connectivity index (χ1v) is 8.75. The van der Waals surface area contributed by atoms with Crippen LogP contribution >= 0.6 is 0 Å². The molecule has 2 heteroatoms. The fraction of sp³-hybridized carbons (Fsp3) is 0.381. The van der Waals surface area contributed by atoms with E-state index in [1.165, 1.54) is 19.3 Å². The van der Waals surface area contributed by atoms with E-state index in [9.17, 15) is 4.79 Å². The van der Waals surface area contributed by atoms with Crippen molar-refractivity contribution in [3.8, 4) is 0 Å². The molecule has 0 unspecified atom stereocenters. The molecular formula is C21H25NO. The number of carbonyl (C=O) groups is 1. The van der Waals surface area contributed by atoms with Crippen LogP contribution in [0.1, 0.15) is 49.1 Å². The van der Waals surface area contributed by atoms with Crippen molar-refractivity contribution in [1.29, 1.82) is 0 Å². The maximum Gasteiger partial charge on any atom is 0.234 e. The summed E-state index contributed by atoms with van der Waals surface area (Å²) in [6, 6.07) is 20.4. The van der Waals surface area contributed by atoms with Crippen LogP contribution in [0.4, 0.5) is 0 Å². The number of hydrogen-bond acceptors (Lipinski definition) is 1. The van der Waals surface area contributed by atoms with E-state index in [1.54, 1.807) is 0 Å². The second-order valence-corrected chi connectivity index (χ2v) is 6.35. The molecule has 1 aliphatic rings.